The molecule has 2 aliphatic carbocycles. The molecule has 0 spiro atoms. The first kappa shape index (κ1) is 38.3. The number of fused-ring (bicyclic) bond motifs is 5. The van der Waals surface area contributed by atoms with E-state index in [1.165, 1.54) is 33.0 Å². The number of H-pyrrole nitrogens is 1. The van der Waals surface area contributed by atoms with E-state index in [0.29, 0.717) is 5.92 Å². The van der Waals surface area contributed by atoms with E-state index in [1.807, 2.05) is 0 Å². The van der Waals surface area contributed by atoms with E-state index in [-0.39, 0.29) is 0 Å². The second kappa shape index (κ2) is 15.2. The summed E-state index contributed by atoms with van der Waals surface area (Å²) >= 11 is 0. The topological polar surface area (TPSA) is 53.0 Å². The molecule has 316 valence electrons. The van der Waals surface area contributed by atoms with Crippen molar-refractivity contribution in [1.82, 2.24) is 19.7 Å². The zero-order valence-electron chi connectivity index (χ0n) is 36.9. The fourth-order valence-corrected chi connectivity index (χ4v) is 10.7. The summed E-state index contributed by atoms with van der Waals surface area (Å²) in [5.41, 5.74) is 22.2. The Bertz CT molecular complexity index is 3520. The van der Waals surface area contributed by atoms with E-state index < -0.39 is 0 Å². The molecular formula is C60H46N6. The molecule has 1 N–H and O–H groups in total. The maximum absolute atomic E-state index is 5.83. The molecule has 6 nitrogen and oxygen atoms in total. The van der Waals surface area contributed by atoms with E-state index >= 15 is 0 Å². The summed E-state index contributed by atoms with van der Waals surface area (Å²) < 4.78 is 2.33. The molecule has 2 aromatic heterocycles. The Hall–Kier alpha value is -8.22. The van der Waals surface area contributed by atoms with Crippen LogP contribution in [0.5, 0.6) is 0 Å². The lowest BCUT2D eigenvalue weighted by molar-refractivity contribution is 0.485. The number of benzene rings is 9. The van der Waals surface area contributed by atoms with E-state index in [1.54, 1.807) is 0 Å². The van der Waals surface area contributed by atoms with Crippen LogP contribution in [0, 0.1) is 5.92 Å². The maximum Gasteiger partial charge on any atom is 0.100 e. The number of para-hydroxylation sites is 4. The SMILES string of the molecule is CC(C)Cn1[nH]c2c(-c3ccc(N(c4ccccc4)c4ccccc4)cc3)c3nc4c(nc3c(-c3ccc(N(c5ccccc5)c5ccccc5)cc3)c21)-c1ccc2c3c(ccc-4c13)CC2. The maximum atomic E-state index is 5.83. The Balaban J connectivity index is 1.04. The van der Waals surface area contributed by atoms with Gasteiger partial charge in [0.15, 0.2) is 0 Å². The minimum atomic E-state index is 0.419. The lowest BCUT2D eigenvalue weighted by Gasteiger charge is -2.27. The summed E-state index contributed by atoms with van der Waals surface area (Å²) in [6, 6.07) is 69.7. The van der Waals surface area contributed by atoms with Crippen molar-refractivity contribution in [2.24, 2.45) is 5.92 Å². The van der Waals surface area contributed by atoms with Crippen molar-refractivity contribution in [3.8, 4) is 44.8 Å². The van der Waals surface area contributed by atoms with Gasteiger partial charge in [0.05, 0.1) is 22.4 Å². The molecule has 13 rings (SSSR count). The van der Waals surface area contributed by atoms with Crippen LogP contribution in [0.25, 0.3) is 77.6 Å². The second-order valence-corrected chi connectivity index (χ2v) is 18.1. The molecule has 0 bridgehead atoms. The predicted octanol–water partition coefficient (Wildman–Crippen LogP) is 15.7. The second-order valence-electron chi connectivity index (χ2n) is 18.1. The number of rotatable bonds is 10. The molecular weight excluding hydrogens is 805 g/mol. The summed E-state index contributed by atoms with van der Waals surface area (Å²) in [5.74, 6) is 0.419. The molecule has 0 saturated heterocycles. The molecule has 11 aromatic rings. The fourth-order valence-electron chi connectivity index (χ4n) is 10.7. The molecule has 0 unspecified atom stereocenters. The highest BCUT2D eigenvalue weighted by atomic mass is 15.3. The Labute approximate surface area is 384 Å². The highest BCUT2D eigenvalue weighted by Crippen LogP contribution is 2.52. The molecule has 0 amide bonds. The van der Waals surface area contributed by atoms with Crippen LogP contribution < -0.4 is 9.80 Å². The minimum Gasteiger partial charge on any atom is -0.311 e. The largest absolute Gasteiger partial charge is 0.311 e. The van der Waals surface area contributed by atoms with Gasteiger partial charge in [-0.3, -0.25) is 9.78 Å². The number of aryl methyl sites for hydroxylation is 2. The van der Waals surface area contributed by atoms with Gasteiger partial charge in [0.2, 0.25) is 0 Å². The van der Waals surface area contributed by atoms with Crippen molar-refractivity contribution in [3.63, 3.8) is 0 Å². The number of nitrogens with one attached hydrogen (secondary N) is 1. The zero-order chi connectivity index (χ0) is 43.9. The van der Waals surface area contributed by atoms with Gasteiger partial charge >= 0.3 is 0 Å². The Morgan fingerprint density at radius 3 is 1.27 bits per heavy atom. The zero-order valence-corrected chi connectivity index (χ0v) is 36.9. The molecule has 6 heteroatoms. The molecule has 0 atom stereocenters. The van der Waals surface area contributed by atoms with Crippen LogP contribution >= 0.6 is 0 Å². The predicted molar refractivity (Wildman–Crippen MR) is 274 cm³/mol. The first-order chi connectivity index (χ1) is 32.6. The van der Waals surface area contributed by atoms with E-state index in [4.69, 9.17) is 9.97 Å². The van der Waals surface area contributed by atoms with Crippen LogP contribution in [0.1, 0.15) is 25.0 Å². The minimum absolute atomic E-state index is 0.419. The lowest BCUT2D eigenvalue weighted by Crippen LogP contribution is -2.17. The number of hydrogen-bond donors (Lipinski definition) is 1. The normalized spacial score (nSPS) is 12.5. The fraction of sp³-hybridized carbons (Fsp3) is 0.100. The van der Waals surface area contributed by atoms with Crippen LogP contribution in [0.4, 0.5) is 34.1 Å². The van der Waals surface area contributed by atoms with Crippen LogP contribution in [0.15, 0.2) is 194 Å². The molecule has 0 aliphatic heterocycles. The highest BCUT2D eigenvalue weighted by molar-refractivity contribution is 6.21. The van der Waals surface area contributed by atoms with Gasteiger partial charge in [0.25, 0.3) is 0 Å². The van der Waals surface area contributed by atoms with Crippen LogP contribution in [-0.4, -0.2) is 19.7 Å². The summed E-state index contributed by atoms with van der Waals surface area (Å²) in [6.45, 7) is 5.40. The standard InChI is InChI=1S/C60H46N6/c1-38(2)37-64-60-53(42-27-33-48(34-28-42)66(45-19-11-5-12-20-45)46-21-13-6-14-22-46)58-57(61-55-49-35-29-39-23-24-40-30-36-50(56(55)62-58)54(49)51(39)40)52(59(60)63-64)41-25-31-47(32-26-41)65(43-15-7-3-8-16-43)44-17-9-4-10-18-44/h3-22,25-36,38,63H,23-24,37H2,1-2H3. The Kier molecular flexibility index (Phi) is 8.82. The number of aromatic nitrogens is 4. The van der Waals surface area contributed by atoms with E-state index in [2.05, 4.69) is 228 Å². The van der Waals surface area contributed by atoms with Crippen molar-refractivity contribution in [1.29, 1.82) is 0 Å². The Morgan fingerprint density at radius 1 is 0.455 bits per heavy atom. The molecule has 0 fully saturated rings. The van der Waals surface area contributed by atoms with Crippen molar-refractivity contribution in [2.75, 3.05) is 9.80 Å². The van der Waals surface area contributed by atoms with Gasteiger partial charge in [-0.25, -0.2) is 9.97 Å². The van der Waals surface area contributed by atoms with E-state index in [0.717, 1.165) is 109 Å². The first-order valence-corrected chi connectivity index (χ1v) is 23.1. The third-order valence-corrected chi connectivity index (χ3v) is 13.6. The van der Waals surface area contributed by atoms with Crippen LogP contribution in [0.3, 0.4) is 0 Å². The summed E-state index contributed by atoms with van der Waals surface area (Å²) in [5, 5.41) is 6.57. The quantitative estimate of drug-likeness (QED) is 0.149. The van der Waals surface area contributed by atoms with Gasteiger partial charge in [0.1, 0.15) is 11.0 Å². The molecule has 2 aliphatic rings. The summed E-state index contributed by atoms with van der Waals surface area (Å²) in [4.78, 5) is 16.3. The average molecular weight is 851 g/mol. The number of aromatic amines is 1. The number of nitrogens with zero attached hydrogens (tertiary/aromatic N) is 5. The van der Waals surface area contributed by atoms with Gasteiger partial charge in [-0.05, 0) is 119 Å². The van der Waals surface area contributed by atoms with E-state index in [9.17, 15) is 0 Å². The average Bonchev–Trinajstić information content (AvgIpc) is 3.92. The molecule has 9 aromatic carbocycles. The van der Waals surface area contributed by atoms with Gasteiger partial charge in [-0.2, -0.15) is 0 Å². The molecule has 0 radical (unpaired) electrons. The third-order valence-electron chi connectivity index (χ3n) is 13.6. The third kappa shape index (κ3) is 6.02. The monoisotopic (exact) mass is 850 g/mol. The molecule has 2 heterocycles. The highest BCUT2D eigenvalue weighted by Gasteiger charge is 2.32. The summed E-state index contributed by atoms with van der Waals surface area (Å²) in [6.07, 6.45) is 2.16. The van der Waals surface area contributed by atoms with Crippen molar-refractivity contribution in [2.45, 2.75) is 33.2 Å². The van der Waals surface area contributed by atoms with Crippen molar-refractivity contribution in [3.05, 3.63) is 205 Å². The van der Waals surface area contributed by atoms with Crippen molar-refractivity contribution >= 4 is 67.0 Å². The van der Waals surface area contributed by atoms with Gasteiger partial charge in [0, 0.05) is 68.3 Å². The molecule has 0 saturated carbocycles. The number of anilines is 6. The lowest BCUT2D eigenvalue weighted by atomic mass is 9.93. The van der Waals surface area contributed by atoms with Crippen molar-refractivity contribution < 1.29 is 0 Å². The van der Waals surface area contributed by atoms with Gasteiger partial charge < -0.3 is 9.80 Å². The van der Waals surface area contributed by atoms with Gasteiger partial charge in [-0.15, -0.1) is 0 Å². The van der Waals surface area contributed by atoms with Crippen LogP contribution in [-0.2, 0) is 19.4 Å². The number of hydrogen-bond acceptors (Lipinski definition) is 4. The summed E-state index contributed by atoms with van der Waals surface area (Å²) in [7, 11) is 0. The van der Waals surface area contributed by atoms with Crippen LogP contribution in [0.2, 0.25) is 0 Å². The smallest absolute Gasteiger partial charge is 0.100 e. The first-order valence-electron chi connectivity index (χ1n) is 23.1. The molecule has 66 heavy (non-hydrogen) atoms. The van der Waals surface area contributed by atoms with Gasteiger partial charge in [-0.1, -0.05) is 135 Å². The Morgan fingerprint density at radius 2 is 0.848 bits per heavy atom.